The van der Waals surface area contributed by atoms with E-state index in [1.165, 1.54) is 24.1 Å². The quantitative estimate of drug-likeness (QED) is 0.143. The number of rotatable bonds is 6. The first-order chi connectivity index (χ1) is 25.0. The Kier molecular flexibility index (Phi) is 8.41. The van der Waals surface area contributed by atoms with E-state index in [0.29, 0.717) is 26.3 Å². The highest BCUT2D eigenvalue weighted by Crippen LogP contribution is 2.65. The molecule has 0 radical (unpaired) electrons. The third-order valence-corrected chi connectivity index (χ3v) is 12.0. The van der Waals surface area contributed by atoms with Crippen molar-refractivity contribution in [2.24, 2.45) is 23.7 Å². The van der Waals surface area contributed by atoms with Crippen LogP contribution in [0.1, 0.15) is 29.9 Å². The van der Waals surface area contributed by atoms with Crippen molar-refractivity contribution in [1.82, 2.24) is 0 Å². The number of fused-ring (bicyclic) bond motifs is 4. The van der Waals surface area contributed by atoms with Crippen LogP contribution in [0.25, 0.3) is 0 Å². The summed E-state index contributed by atoms with van der Waals surface area (Å²) in [6.45, 7) is 0. The number of hydrogen-bond acceptors (Lipinski definition) is 8. The van der Waals surface area contributed by atoms with E-state index < -0.39 is 65.8 Å². The maximum Gasteiger partial charge on any atom is 0.488 e. The molecule has 10 nitrogen and oxygen atoms in total. The van der Waals surface area contributed by atoms with Gasteiger partial charge >= 0.3 is 7.12 Å². The first kappa shape index (κ1) is 34.3. The van der Waals surface area contributed by atoms with Gasteiger partial charge in [-0.05, 0) is 93.7 Å². The van der Waals surface area contributed by atoms with Crippen LogP contribution in [0.3, 0.4) is 0 Å². The normalized spacial score (nSPS) is 26.6. The van der Waals surface area contributed by atoms with Crippen LogP contribution < -0.4 is 20.0 Å². The molecule has 52 heavy (non-hydrogen) atoms. The van der Waals surface area contributed by atoms with Crippen molar-refractivity contribution >= 4 is 75.1 Å². The zero-order valence-electron chi connectivity index (χ0n) is 27.6. The molecule has 0 spiro atoms. The zero-order valence-corrected chi connectivity index (χ0v) is 30.0. The molecule has 2 aliphatic heterocycles. The van der Waals surface area contributed by atoms with Gasteiger partial charge < -0.3 is 19.9 Å². The van der Waals surface area contributed by atoms with Gasteiger partial charge in [0.25, 0.3) is 0 Å². The summed E-state index contributed by atoms with van der Waals surface area (Å²) in [5, 5.41) is 30.9. The first-order valence-electron chi connectivity index (χ1n) is 16.8. The number of halogens is 2. The van der Waals surface area contributed by atoms with Crippen LogP contribution in [0.4, 0.5) is 11.4 Å². The molecule has 0 aromatic heterocycles. The second-order valence-electron chi connectivity index (χ2n) is 13.6. The highest BCUT2D eigenvalue weighted by Gasteiger charge is 2.70. The van der Waals surface area contributed by atoms with Gasteiger partial charge in [-0.2, -0.15) is 0 Å². The summed E-state index contributed by atoms with van der Waals surface area (Å²) < 4.78 is 5.88. The number of amides is 4. The summed E-state index contributed by atoms with van der Waals surface area (Å²) in [5.74, 6) is -5.84. The van der Waals surface area contributed by atoms with Gasteiger partial charge in [0.1, 0.15) is 0 Å². The number of ether oxygens (including phenoxy) is 1. The number of anilines is 2. The van der Waals surface area contributed by atoms with E-state index in [4.69, 9.17) is 16.3 Å². The Balaban J connectivity index is 1.36. The molecular formula is C39H31BBrClN2O8. The Morgan fingerprint density at radius 3 is 2.25 bits per heavy atom. The van der Waals surface area contributed by atoms with Crippen LogP contribution in [0.5, 0.6) is 11.5 Å². The molecule has 6 unspecified atom stereocenters. The fraction of sp³-hybridized carbons (Fsp3) is 0.231. The van der Waals surface area contributed by atoms with E-state index >= 15 is 4.79 Å². The fourth-order valence-electron chi connectivity index (χ4n) is 9.11. The molecule has 3 N–H and O–H groups in total. The lowest BCUT2D eigenvalue weighted by molar-refractivity contribution is -0.127. The average Bonchev–Trinajstić information content (AvgIpc) is 3.53. The minimum absolute atomic E-state index is 0.0959. The molecule has 1 saturated carbocycles. The number of aromatic hydroxyl groups is 1. The Hall–Kier alpha value is -4.75. The second kappa shape index (κ2) is 12.7. The van der Waals surface area contributed by atoms with Gasteiger partial charge in [0, 0.05) is 10.9 Å². The number of carbonyl (C=O) groups excluding carboxylic acids is 4. The van der Waals surface area contributed by atoms with E-state index in [-0.39, 0.29) is 35.5 Å². The maximum absolute atomic E-state index is 15.4. The van der Waals surface area contributed by atoms with Gasteiger partial charge in [0.2, 0.25) is 23.6 Å². The van der Waals surface area contributed by atoms with Crippen molar-refractivity contribution in [3.8, 4) is 11.5 Å². The number of allylic oxidation sites excluding steroid dienone is 2. The van der Waals surface area contributed by atoms with Crippen molar-refractivity contribution in [2.45, 2.75) is 24.2 Å². The van der Waals surface area contributed by atoms with Gasteiger partial charge in [-0.3, -0.25) is 24.1 Å². The van der Waals surface area contributed by atoms with Gasteiger partial charge in [0.15, 0.2) is 11.5 Å². The molecule has 13 heteroatoms. The Labute approximate surface area is 312 Å². The van der Waals surface area contributed by atoms with Crippen molar-refractivity contribution < 1.29 is 39.1 Å². The van der Waals surface area contributed by atoms with E-state index in [2.05, 4.69) is 15.9 Å². The Morgan fingerprint density at radius 2 is 1.56 bits per heavy atom. The third-order valence-electron chi connectivity index (χ3n) is 11.2. The van der Waals surface area contributed by atoms with Crippen molar-refractivity contribution in [1.29, 1.82) is 0 Å². The average molecular weight is 782 g/mol. The number of benzene rings is 4. The predicted octanol–water partition coefficient (Wildman–Crippen LogP) is 4.86. The summed E-state index contributed by atoms with van der Waals surface area (Å²) in [4.78, 5) is 61.2. The van der Waals surface area contributed by atoms with E-state index in [0.717, 1.165) is 10.5 Å². The van der Waals surface area contributed by atoms with E-state index in [9.17, 15) is 29.5 Å². The molecule has 262 valence electrons. The lowest BCUT2D eigenvalue weighted by Crippen LogP contribution is -2.53. The van der Waals surface area contributed by atoms with Crippen LogP contribution in [-0.2, 0) is 24.6 Å². The highest BCUT2D eigenvalue weighted by molar-refractivity contribution is 9.10. The smallest absolute Gasteiger partial charge is 0.488 e. The SMILES string of the molecule is COc1cc(C2C3=CCC4C(=O)N(c5cccc(B(O)O)c5)C(=O)C4C3CC3C(=O)N(c4cccc(Cl)c4)C(=O)C32c2ccccc2)cc(Br)c1O. The number of imide groups is 2. The standard InChI is InChI=1S/C39H31BBrClN2O8/c1-52-31-16-20(15-30(41)34(31)45)33-26-13-14-27-32(37(48)43(35(27)46)24-11-5-9-22(17-24)40(50)51)28(26)19-29-36(47)44(25-12-6-10-23(42)18-25)38(49)39(29,33)21-7-3-2-4-8-21/h2-13,15-18,27-29,32-33,45,50-51H,14,19H2,1H3. The van der Waals surface area contributed by atoms with Crippen molar-refractivity contribution in [3.05, 3.63) is 123 Å². The number of carbonyl (C=O) groups is 4. The number of phenolic OH excluding ortho intramolecular Hbond substituents is 1. The second-order valence-corrected chi connectivity index (χ2v) is 14.9. The number of methoxy groups -OCH3 is 1. The topological polar surface area (TPSA) is 145 Å². The third kappa shape index (κ3) is 4.92. The monoisotopic (exact) mass is 780 g/mol. The predicted molar refractivity (Wildman–Crippen MR) is 197 cm³/mol. The van der Waals surface area contributed by atoms with Gasteiger partial charge in [-0.15, -0.1) is 0 Å². The summed E-state index contributed by atoms with van der Waals surface area (Å²) in [5.41, 5.74) is 1.06. The van der Waals surface area contributed by atoms with Gasteiger partial charge in [0.05, 0.1) is 46.1 Å². The molecule has 4 aromatic rings. The molecule has 2 heterocycles. The Bertz CT molecular complexity index is 2220. The van der Waals surface area contributed by atoms with Crippen LogP contribution in [0, 0.1) is 23.7 Å². The summed E-state index contributed by atoms with van der Waals surface area (Å²) in [6, 6.07) is 25.0. The Morgan fingerprint density at radius 1 is 0.846 bits per heavy atom. The molecular weight excluding hydrogens is 751 g/mol. The molecule has 6 atom stereocenters. The van der Waals surface area contributed by atoms with Crippen LogP contribution in [0.15, 0.2) is 107 Å². The molecule has 8 rings (SSSR count). The van der Waals surface area contributed by atoms with Gasteiger partial charge in [-0.1, -0.05) is 71.8 Å². The lowest BCUT2D eigenvalue weighted by Gasteiger charge is -2.50. The number of phenols is 1. The molecule has 4 aliphatic rings. The molecule has 0 bridgehead atoms. The van der Waals surface area contributed by atoms with Crippen molar-refractivity contribution in [2.75, 3.05) is 16.9 Å². The fourth-order valence-corrected chi connectivity index (χ4v) is 9.76. The zero-order chi connectivity index (χ0) is 36.6. The molecule has 4 aromatic carbocycles. The summed E-state index contributed by atoms with van der Waals surface area (Å²) in [7, 11) is -0.383. The molecule has 3 fully saturated rings. The molecule has 2 saturated heterocycles. The molecule has 2 aliphatic carbocycles. The van der Waals surface area contributed by atoms with E-state index in [1.807, 2.05) is 36.4 Å². The van der Waals surface area contributed by atoms with Gasteiger partial charge in [-0.25, -0.2) is 4.90 Å². The largest absolute Gasteiger partial charge is 0.503 e. The maximum atomic E-state index is 15.4. The summed E-state index contributed by atoms with van der Waals surface area (Å²) in [6.07, 6.45) is 2.23. The first-order valence-corrected chi connectivity index (χ1v) is 18.0. The van der Waals surface area contributed by atoms with Crippen LogP contribution in [0.2, 0.25) is 5.02 Å². The number of nitrogens with zero attached hydrogens (tertiary/aromatic N) is 2. The van der Waals surface area contributed by atoms with Crippen LogP contribution in [-0.4, -0.2) is 53.0 Å². The van der Waals surface area contributed by atoms with Crippen LogP contribution >= 0.6 is 27.5 Å². The molecule has 4 amide bonds. The lowest BCUT2D eigenvalue weighted by atomic mass is 9.49. The number of hydrogen-bond donors (Lipinski definition) is 3. The minimum atomic E-state index is -1.80. The van der Waals surface area contributed by atoms with Crippen molar-refractivity contribution in [3.63, 3.8) is 0 Å². The minimum Gasteiger partial charge on any atom is -0.503 e. The summed E-state index contributed by atoms with van der Waals surface area (Å²) >= 11 is 9.86. The highest BCUT2D eigenvalue weighted by atomic mass is 79.9. The van der Waals surface area contributed by atoms with E-state index in [1.54, 1.807) is 48.5 Å².